The van der Waals surface area contributed by atoms with Crippen molar-refractivity contribution in [2.45, 2.75) is 52.3 Å². The van der Waals surface area contributed by atoms with Crippen LogP contribution in [-0.4, -0.2) is 52.7 Å². The van der Waals surface area contributed by atoms with Crippen molar-refractivity contribution in [3.63, 3.8) is 0 Å². The number of hydrogen-bond acceptors (Lipinski definition) is 9. The Kier molecular flexibility index (Phi) is 9.47. The molecule has 2 atom stereocenters. The molecule has 50 heavy (non-hydrogen) atoms. The molecular formula is C39H38ClN5O5. The normalized spacial score (nSPS) is 17.2. The van der Waals surface area contributed by atoms with Crippen molar-refractivity contribution in [1.82, 2.24) is 20.2 Å². The Labute approximate surface area is 295 Å². The molecule has 10 nitrogen and oxygen atoms in total. The quantitative estimate of drug-likeness (QED) is 0.144. The lowest BCUT2D eigenvalue weighted by Crippen LogP contribution is -2.22. The highest BCUT2D eigenvalue weighted by Crippen LogP contribution is 2.43. The Morgan fingerprint density at radius 2 is 1.92 bits per heavy atom. The first kappa shape index (κ1) is 33.5. The van der Waals surface area contributed by atoms with Crippen molar-refractivity contribution in [2.24, 2.45) is 5.92 Å². The molecule has 0 saturated carbocycles. The van der Waals surface area contributed by atoms with Gasteiger partial charge < -0.3 is 24.3 Å². The highest BCUT2D eigenvalue weighted by molar-refractivity contribution is 6.31. The van der Waals surface area contributed by atoms with E-state index in [0.717, 1.165) is 58.3 Å². The van der Waals surface area contributed by atoms with E-state index in [9.17, 15) is 15.2 Å². The highest BCUT2D eigenvalue weighted by Gasteiger charge is 2.30. The minimum absolute atomic E-state index is 0.214. The van der Waals surface area contributed by atoms with E-state index in [-0.39, 0.29) is 12.0 Å². The fraction of sp³-hybridized carbons (Fsp3) is 0.333. The number of carboxylic acid groups (broad SMARTS) is 1. The number of carboxylic acids is 1. The van der Waals surface area contributed by atoms with Crippen LogP contribution in [0.4, 0.5) is 0 Å². The summed E-state index contributed by atoms with van der Waals surface area (Å²) < 4.78 is 18.3. The minimum Gasteiger partial charge on any atom is -0.481 e. The number of methoxy groups -OCH3 is 1. The Balaban J connectivity index is 1.17. The highest BCUT2D eigenvalue weighted by atomic mass is 35.5. The van der Waals surface area contributed by atoms with Crippen LogP contribution in [0.1, 0.15) is 59.3 Å². The molecule has 5 aromatic rings. The van der Waals surface area contributed by atoms with Crippen LogP contribution in [0.3, 0.4) is 0 Å². The zero-order valence-electron chi connectivity index (χ0n) is 28.3. The second kappa shape index (κ2) is 14.1. The standard InChI is InChI=1S/C39H38ClN5O5/c1-4-42-19-26-17-32(40)38(44-36(26)48-3)49-34-12-11-30-29(9-6-10-31(30)34)27-7-5-8-28(22(27)2)37-43-33-16-23(15-25(18-41)35(33)50-37)20-45-14-13-24(21-45)39(46)47/h5-10,15-17,24,34,42H,4,11-14,19-21H2,1-3H3,(H,46,47)/t24-,34-/m0/s1. The number of aliphatic carboxylic acids is 1. The number of ether oxygens (including phenoxy) is 2. The molecule has 2 aromatic heterocycles. The molecule has 11 heteroatoms. The number of nitrogens with one attached hydrogen (secondary N) is 1. The number of rotatable bonds is 11. The first-order chi connectivity index (χ1) is 24.3. The molecule has 0 radical (unpaired) electrons. The van der Waals surface area contributed by atoms with Gasteiger partial charge in [0.05, 0.1) is 18.6 Å². The number of hydrogen-bond donors (Lipinski definition) is 2. The Morgan fingerprint density at radius 3 is 2.68 bits per heavy atom. The van der Waals surface area contributed by atoms with Gasteiger partial charge in [-0.2, -0.15) is 10.2 Å². The summed E-state index contributed by atoms with van der Waals surface area (Å²) in [6, 6.07) is 20.3. The SMILES string of the molecule is CCNCc1cc(Cl)c(O[C@H]2CCc3c(-c4cccc(-c5nc6cc(CN7CC[C@H](C(=O)O)C7)cc(C#N)c6o5)c4C)cccc32)nc1OC. The molecule has 1 aliphatic heterocycles. The van der Waals surface area contributed by atoms with Crippen molar-refractivity contribution in [3.8, 4) is 40.4 Å². The number of carbonyl (C=O) groups is 1. The second-order valence-corrected chi connectivity index (χ2v) is 13.3. The third-order valence-electron chi connectivity index (χ3n) is 9.76. The van der Waals surface area contributed by atoms with E-state index in [4.69, 9.17) is 30.5 Å². The van der Waals surface area contributed by atoms with Gasteiger partial charge in [-0.3, -0.25) is 9.69 Å². The van der Waals surface area contributed by atoms with Crippen LogP contribution in [0.15, 0.2) is 59.0 Å². The summed E-state index contributed by atoms with van der Waals surface area (Å²) in [5, 5.41) is 23.1. The molecule has 0 spiro atoms. The lowest BCUT2D eigenvalue weighted by Gasteiger charge is -2.18. The van der Waals surface area contributed by atoms with E-state index in [0.29, 0.717) is 71.9 Å². The van der Waals surface area contributed by atoms with Gasteiger partial charge in [0.1, 0.15) is 22.7 Å². The lowest BCUT2D eigenvalue weighted by atomic mass is 9.91. The van der Waals surface area contributed by atoms with E-state index in [1.165, 1.54) is 5.56 Å². The first-order valence-electron chi connectivity index (χ1n) is 16.9. The van der Waals surface area contributed by atoms with Crippen molar-refractivity contribution in [1.29, 1.82) is 5.26 Å². The molecule has 256 valence electrons. The number of benzene rings is 3. The lowest BCUT2D eigenvalue weighted by molar-refractivity contribution is -0.141. The summed E-state index contributed by atoms with van der Waals surface area (Å²) in [6.07, 6.45) is 2.02. The maximum atomic E-state index is 11.4. The fourth-order valence-corrected chi connectivity index (χ4v) is 7.46. The van der Waals surface area contributed by atoms with Crippen LogP contribution < -0.4 is 14.8 Å². The van der Waals surface area contributed by atoms with Crippen molar-refractivity contribution in [3.05, 3.63) is 93.0 Å². The van der Waals surface area contributed by atoms with Gasteiger partial charge in [-0.1, -0.05) is 48.9 Å². The molecule has 0 bridgehead atoms. The number of pyridine rings is 1. The molecule has 0 amide bonds. The number of nitrogens with zero attached hydrogens (tertiary/aromatic N) is 4. The van der Waals surface area contributed by atoms with Gasteiger partial charge in [0, 0.05) is 30.8 Å². The van der Waals surface area contributed by atoms with Gasteiger partial charge in [-0.15, -0.1) is 0 Å². The second-order valence-electron chi connectivity index (χ2n) is 12.9. The van der Waals surface area contributed by atoms with E-state index in [1.54, 1.807) is 7.11 Å². The number of halogens is 1. The molecule has 2 aliphatic rings. The number of aromatic nitrogens is 2. The van der Waals surface area contributed by atoms with E-state index in [1.807, 2.05) is 37.3 Å². The molecule has 1 fully saturated rings. The summed E-state index contributed by atoms with van der Waals surface area (Å²) in [5.41, 5.74) is 9.58. The topological polar surface area (TPSA) is 134 Å². The summed E-state index contributed by atoms with van der Waals surface area (Å²) in [6.45, 7) is 7.26. The molecule has 2 N–H and O–H groups in total. The molecular weight excluding hydrogens is 654 g/mol. The fourth-order valence-electron chi connectivity index (χ4n) is 7.24. The van der Waals surface area contributed by atoms with Crippen LogP contribution in [0, 0.1) is 24.2 Å². The molecule has 3 heterocycles. The van der Waals surface area contributed by atoms with E-state index >= 15 is 0 Å². The van der Waals surface area contributed by atoms with Gasteiger partial charge in [0.15, 0.2) is 5.58 Å². The third-order valence-corrected chi connectivity index (χ3v) is 10.0. The average molecular weight is 692 g/mol. The summed E-state index contributed by atoms with van der Waals surface area (Å²) >= 11 is 6.65. The van der Waals surface area contributed by atoms with E-state index < -0.39 is 5.97 Å². The molecule has 7 rings (SSSR count). The van der Waals surface area contributed by atoms with Crippen molar-refractivity contribution >= 4 is 28.7 Å². The average Bonchev–Trinajstić information content (AvgIpc) is 3.87. The molecule has 3 aromatic carbocycles. The number of oxazole rings is 1. The Morgan fingerprint density at radius 1 is 1.12 bits per heavy atom. The molecule has 1 aliphatic carbocycles. The van der Waals surface area contributed by atoms with Crippen molar-refractivity contribution < 1.29 is 23.8 Å². The van der Waals surface area contributed by atoms with Crippen LogP contribution >= 0.6 is 11.6 Å². The number of likely N-dealkylation sites (tertiary alicyclic amines) is 1. The monoisotopic (exact) mass is 691 g/mol. The van der Waals surface area contributed by atoms with E-state index in [2.05, 4.69) is 52.5 Å². The summed E-state index contributed by atoms with van der Waals surface area (Å²) in [5.74, 6) is 0.157. The smallest absolute Gasteiger partial charge is 0.307 e. The molecule has 1 saturated heterocycles. The Hall–Kier alpha value is -4.95. The number of fused-ring (bicyclic) bond motifs is 2. The Bertz CT molecular complexity index is 2140. The van der Waals surface area contributed by atoms with Gasteiger partial charge in [-0.25, -0.2) is 4.98 Å². The van der Waals surface area contributed by atoms with Crippen LogP contribution in [0.25, 0.3) is 33.7 Å². The summed E-state index contributed by atoms with van der Waals surface area (Å²) in [4.78, 5) is 23.0. The van der Waals surface area contributed by atoms with Crippen LogP contribution in [-0.2, 0) is 24.3 Å². The van der Waals surface area contributed by atoms with Gasteiger partial charge in [0.25, 0.3) is 0 Å². The van der Waals surface area contributed by atoms with Gasteiger partial charge in [-0.05, 0) is 96.9 Å². The largest absolute Gasteiger partial charge is 0.481 e. The van der Waals surface area contributed by atoms with Gasteiger partial charge >= 0.3 is 5.97 Å². The maximum absolute atomic E-state index is 11.4. The number of nitriles is 1. The van der Waals surface area contributed by atoms with Crippen LogP contribution in [0.2, 0.25) is 5.02 Å². The predicted molar refractivity (Wildman–Crippen MR) is 190 cm³/mol. The molecule has 0 unspecified atom stereocenters. The zero-order chi connectivity index (χ0) is 34.9. The van der Waals surface area contributed by atoms with Crippen molar-refractivity contribution in [2.75, 3.05) is 26.7 Å². The predicted octanol–water partition coefficient (Wildman–Crippen LogP) is 7.48. The first-order valence-corrected chi connectivity index (χ1v) is 17.3. The third kappa shape index (κ3) is 6.40. The zero-order valence-corrected chi connectivity index (χ0v) is 29.0. The summed E-state index contributed by atoms with van der Waals surface area (Å²) in [7, 11) is 1.60. The minimum atomic E-state index is -0.766. The van der Waals surface area contributed by atoms with Crippen LogP contribution in [0.5, 0.6) is 11.8 Å². The maximum Gasteiger partial charge on any atom is 0.307 e. The van der Waals surface area contributed by atoms with Gasteiger partial charge in [0.2, 0.25) is 17.7 Å².